The minimum absolute atomic E-state index is 0.114. The van der Waals surface area contributed by atoms with Crippen LogP contribution >= 0.6 is 0 Å². The summed E-state index contributed by atoms with van der Waals surface area (Å²) in [6.45, 7) is 9.18. The van der Waals surface area contributed by atoms with Gasteiger partial charge in [0, 0.05) is 35.4 Å². The first-order valence-corrected chi connectivity index (χ1v) is 9.83. The summed E-state index contributed by atoms with van der Waals surface area (Å²) in [6, 6.07) is 3.94. The summed E-state index contributed by atoms with van der Waals surface area (Å²) >= 11 is 0. The van der Waals surface area contributed by atoms with Crippen molar-refractivity contribution in [1.82, 2.24) is 5.32 Å². The lowest BCUT2D eigenvalue weighted by Crippen LogP contribution is -2.39. The maximum Gasteiger partial charge on any atom is 0.337 e. The Balaban J connectivity index is 2.23. The Hall–Kier alpha value is -3.16. The number of Topliss-reactive ketones (excluding diaryl/α,β-unsaturated/α-hetero) is 1. The molecule has 2 aliphatic rings. The number of nitrogens with zero attached hydrogens (tertiary/aromatic N) is 1. The Bertz CT molecular complexity index is 1000. The van der Waals surface area contributed by atoms with E-state index in [1.807, 2.05) is 13.8 Å². The number of benzene rings is 1. The van der Waals surface area contributed by atoms with Crippen molar-refractivity contribution in [2.45, 2.75) is 59.5 Å². The highest BCUT2D eigenvalue weighted by Crippen LogP contribution is 2.47. The lowest BCUT2D eigenvalue weighted by Gasteiger charge is -2.39. The molecule has 0 bridgehead atoms. The Morgan fingerprint density at radius 1 is 1.33 bits per heavy atom. The molecule has 0 amide bonds. The zero-order chi connectivity index (χ0) is 22.4. The van der Waals surface area contributed by atoms with Gasteiger partial charge in [-0.1, -0.05) is 19.9 Å². The quantitative estimate of drug-likeness (QED) is 0.436. The summed E-state index contributed by atoms with van der Waals surface area (Å²) in [5.74, 6) is -1.98. The van der Waals surface area contributed by atoms with Gasteiger partial charge in [0.2, 0.25) is 0 Å². The number of nitrogens with one attached hydrogen (secondary N) is 1. The summed E-state index contributed by atoms with van der Waals surface area (Å²) < 4.78 is 5.42. The molecule has 8 nitrogen and oxygen atoms in total. The maximum absolute atomic E-state index is 13.2. The number of rotatable bonds is 4. The van der Waals surface area contributed by atoms with E-state index in [-0.39, 0.29) is 22.9 Å². The monoisotopic (exact) mass is 414 g/mol. The number of aromatic hydroxyl groups is 1. The van der Waals surface area contributed by atoms with Gasteiger partial charge in [0.15, 0.2) is 11.5 Å². The highest BCUT2D eigenvalue weighted by molar-refractivity contribution is 6.04. The minimum Gasteiger partial charge on any atom is -0.502 e. The first-order valence-electron chi connectivity index (χ1n) is 9.83. The smallest absolute Gasteiger partial charge is 0.337 e. The molecule has 0 saturated heterocycles. The van der Waals surface area contributed by atoms with Gasteiger partial charge in [-0.25, -0.2) is 4.79 Å². The molecule has 1 heterocycles. The number of esters is 1. The first-order chi connectivity index (χ1) is 13.9. The minimum atomic E-state index is -0.810. The maximum atomic E-state index is 13.2. The van der Waals surface area contributed by atoms with Crippen molar-refractivity contribution < 1.29 is 24.4 Å². The predicted octanol–water partition coefficient (Wildman–Crippen LogP) is 3.86. The molecule has 3 rings (SSSR count). The Kier molecular flexibility index (Phi) is 5.45. The molecule has 0 radical (unpaired) electrons. The fourth-order valence-electron chi connectivity index (χ4n) is 4.18. The van der Waals surface area contributed by atoms with Crippen LogP contribution in [0, 0.1) is 15.5 Å². The highest BCUT2D eigenvalue weighted by Gasteiger charge is 2.43. The first kappa shape index (κ1) is 21.5. The topological polar surface area (TPSA) is 119 Å². The number of hydrogen-bond donors (Lipinski definition) is 2. The number of dihydropyridines is 1. The average Bonchev–Trinajstić information content (AvgIpc) is 2.58. The van der Waals surface area contributed by atoms with Crippen LogP contribution < -0.4 is 5.32 Å². The molecule has 2 N–H and O–H groups in total. The number of nitro benzene ring substituents is 1. The second kappa shape index (κ2) is 7.59. The number of ether oxygens (including phenoxy) is 1. The van der Waals surface area contributed by atoms with E-state index >= 15 is 0 Å². The fourth-order valence-corrected chi connectivity index (χ4v) is 4.18. The van der Waals surface area contributed by atoms with Crippen molar-refractivity contribution in [1.29, 1.82) is 0 Å². The summed E-state index contributed by atoms with van der Waals surface area (Å²) in [7, 11) is 0. The van der Waals surface area contributed by atoms with Crippen LogP contribution in [-0.4, -0.2) is 27.9 Å². The molecule has 0 saturated carbocycles. The van der Waals surface area contributed by atoms with Crippen LogP contribution in [0.25, 0.3) is 0 Å². The molecule has 160 valence electrons. The molecule has 8 heteroatoms. The van der Waals surface area contributed by atoms with E-state index in [2.05, 4.69) is 5.32 Å². The van der Waals surface area contributed by atoms with E-state index in [1.165, 1.54) is 18.2 Å². The molecule has 1 aliphatic carbocycles. The van der Waals surface area contributed by atoms with Crippen molar-refractivity contribution in [3.63, 3.8) is 0 Å². The number of nitro groups is 1. The molecular weight excluding hydrogens is 388 g/mol. The molecular formula is C22H26N2O6. The Morgan fingerprint density at radius 3 is 2.60 bits per heavy atom. The molecule has 0 fully saturated rings. The summed E-state index contributed by atoms with van der Waals surface area (Å²) in [4.78, 5) is 36.8. The van der Waals surface area contributed by atoms with Gasteiger partial charge in [-0.15, -0.1) is 0 Å². The van der Waals surface area contributed by atoms with E-state index < -0.39 is 28.2 Å². The molecule has 1 aromatic rings. The normalized spacial score (nSPS) is 20.7. The largest absolute Gasteiger partial charge is 0.502 e. The summed E-state index contributed by atoms with van der Waals surface area (Å²) in [5, 5.41) is 24.4. The second-order valence-corrected chi connectivity index (χ2v) is 8.89. The van der Waals surface area contributed by atoms with E-state index in [1.54, 1.807) is 20.8 Å². The van der Waals surface area contributed by atoms with Crippen LogP contribution in [0.4, 0.5) is 5.69 Å². The van der Waals surface area contributed by atoms with Crippen molar-refractivity contribution in [2.75, 3.05) is 0 Å². The molecule has 1 aromatic carbocycles. The van der Waals surface area contributed by atoms with Crippen LogP contribution in [0.1, 0.15) is 58.9 Å². The van der Waals surface area contributed by atoms with Crippen LogP contribution in [-0.2, 0) is 14.3 Å². The van der Waals surface area contributed by atoms with Crippen LogP contribution in [0.3, 0.4) is 0 Å². The van der Waals surface area contributed by atoms with E-state index in [9.17, 15) is 24.8 Å². The van der Waals surface area contributed by atoms with Gasteiger partial charge in [0.25, 0.3) is 0 Å². The third-order valence-electron chi connectivity index (χ3n) is 5.33. The van der Waals surface area contributed by atoms with Gasteiger partial charge in [0.05, 0.1) is 16.6 Å². The third-order valence-corrected chi connectivity index (χ3v) is 5.33. The predicted molar refractivity (Wildman–Crippen MR) is 110 cm³/mol. The number of phenolic OH excluding ortho intramolecular Hbond substituents is 1. The number of carbonyl (C=O) groups is 2. The number of hydrogen-bond acceptors (Lipinski definition) is 7. The molecule has 0 aromatic heterocycles. The van der Waals surface area contributed by atoms with Crippen LogP contribution in [0.5, 0.6) is 5.75 Å². The summed E-state index contributed by atoms with van der Waals surface area (Å²) in [6.07, 6.45) is 0.536. The Labute approximate surface area is 174 Å². The standard InChI is InChI=1S/C22H26N2O6/c1-11(2)30-21(27)18-12(3)23-14-9-22(4,5)10-17(26)20(14)19(18)13-6-7-16(25)15(8-13)24(28)29/h6-8,11,19,23,25H,9-10H2,1-5H3. The average molecular weight is 414 g/mol. The zero-order valence-electron chi connectivity index (χ0n) is 17.7. The van der Waals surface area contributed by atoms with E-state index in [0.717, 1.165) is 5.70 Å². The number of ketones is 1. The SMILES string of the molecule is CC1=C(C(=O)OC(C)C)C(c2ccc(O)c([N+](=O)[O-])c2)C2=C(CC(C)(C)CC2=O)N1. The molecule has 1 aliphatic heterocycles. The van der Waals surface area contributed by atoms with Gasteiger partial charge >= 0.3 is 11.7 Å². The molecule has 1 atom stereocenters. The van der Waals surface area contributed by atoms with Gasteiger partial charge in [0.1, 0.15) is 0 Å². The van der Waals surface area contributed by atoms with Crippen LogP contribution in [0.15, 0.2) is 40.7 Å². The van der Waals surface area contributed by atoms with Crippen molar-refractivity contribution in [2.24, 2.45) is 5.41 Å². The number of phenols is 1. The molecule has 30 heavy (non-hydrogen) atoms. The molecule has 0 spiro atoms. The molecule has 1 unspecified atom stereocenters. The van der Waals surface area contributed by atoms with E-state index in [4.69, 9.17) is 4.74 Å². The third kappa shape index (κ3) is 3.94. The van der Waals surface area contributed by atoms with Gasteiger partial charge < -0.3 is 15.2 Å². The Morgan fingerprint density at radius 2 is 2.00 bits per heavy atom. The lowest BCUT2D eigenvalue weighted by atomic mass is 9.68. The van der Waals surface area contributed by atoms with Gasteiger partial charge in [-0.2, -0.15) is 0 Å². The number of allylic oxidation sites excluding steroid dienone is 3. The van der Waals surface area contributed by atoms with Crippen molar-refractivity contribution >= 4 is 17.4 Å². The second-order valence-electron chi connectivity index (χ2n) is 8.89. The van der Waals surface area contributed by atoms with Crippen molar-refractivity contribution in [3.05, 3.63) is 56.4 Å². The van der Waals surface area contributed by atoms with E-state index in [0.29, 0.717) is 29.7 Å². The fraction of sp³-hybridized carbons (Fsp3) is 0.455. The van der Waals surface area contributed by atoms with Crippen LogP contribution in [0.2, 0.25) is 0 Å². The zero-order valence-corrected chi connectivity index (χ0v) is 17.7. The van der Waals surface area contributed by atoms with Crippen molar-refractivity contribution in [3.8, 4) is 5.75 Å². The lowest BCUT2D eigenvalue weighted by molar-refractivity contribution is -0.385. The van der Waals surface area contributed by atoms with Gasteiger partial charge in [-0.3, -0.25) is 14.9 Å². The van der Waals surface area contributed by atoms with Gasteiger partial charge in [-0.05, 0) is 44.2 Å². The number of carbonyl (C=O) groups excluding carboxylic acids is 2. The highest BCUT2D eigenvalue weighted by atomic mass is 16.6. The summed E-state index contributed by atoms with van der Waals surface area (Å²) in [5.41, 5.74) is 1.60.